The van der Waals surface area contributed by atoms with Crippen molar-refractivity contribution in [2.24, 2.45) is 5.10 Å². The lowest BCUT2D eigenvalue weighted by molar-refractivity contribution is -0.468. The van der Waals surface area contributed by atoms with Crippen LogP contribution in [0.2, 0.25) is 0 Å². The molecule has 0 spiro atoms. The molecule has 202 valence electrons. The monoisotopic (exact) mass is 542 g/mol. The topological polar surface area (TPSA) is 162 Å². The third-order valence-corrected chi connectivity index (χ3v) is 5.77. The highest BCUT2D eigenvalue weighted by atomic mass is 19.4. The van der Waals surface area contributed by atoms with Crippen LogP contribution in [0.4, 0.5) is 18.9 Å². The van der Waals surface area contributed by atoms with E-state index in [1.54, 1.807) is 19.9 Å². The predicted octanol–water partition coefficient (Wildman–Crippen LogP) is 3.44. The average Bonchev–Trinajstić information content (AvgIpc) is 2.86. The molecule has 2 aromatic carbocycles. The molecular formula is C25H21F3N6O5. The summed E-state index contributed by atoms with van der Waals surface area (Å²) in [5.74, 6) is -3.33. The van der Waals surface area contributed by atoms with E-state index in [1.165, 1.54) is 25.1 Å². The zero-order chi connectivity index (χ0) is 29.1. The van der Waals surface area contributed by atoms with Crippen LogP contribution in [0, 0.1) is 42.2 Å². The van der Waals surface area contributed by atoms with Crippen LogP contribution in [-0.4, -0.2) is 28.0 Å². The number of Topliss-reactive ketones (excluding diaryl/α,β-unsaturated/α-hetero) is 1. The van der Waals surface area contributed by atoms with Gasteiger partial charge in [0, 0.05) is 11.0 Å². The summed E-state index contributed by atoms with van der Waals surface area (Å²) in [5, 5.41) is 27.0. The van der Waals surface area contributed by atoms with Crippen LogP contribution in [0.15, 0.2) is 41.5 Å². The molecule has 0 aliphatic heterocycles. The van der Waals surface area contributed by atoms with Crippen molar-refractivity contribution >= 4 is 40.0 Å². The van der Waals surface area contributed by atoms with E-state index in [9.17, 15) is 37.7 Å². The average molecular weight is 542 g/mol. The minimum absolute atomic E-state index is 0.00121. The SMILES string of the molecule is Cc1cc2c(cc1C)[n+](=O)c(C(=O)CC(=NNC(=O)CC#N)C(=O)Nc1ccccc1C(F)(F)F)c(C)n2[O-]. The van der Waals surface area contributed by atoms with Crippen molar-refractivity contribution in [2.45, 2.75) is 39.8 Å². The molecule has 14 heteroatoms. The lowest BCUT2D eigenvalue weighted by Gasteiger charge is -2.17. The second kappa shape index (κ2) is 11.1. The highest BCUT2D eigenvalue weighted by molar-refractivity contribution is 6.46. The largest absolute Gasteiger partial charge is 0.805 e. The number of ketones is 1. The maximum Gasteiger partial charge on any atom is 0.418 e. The first kappa shape index (κ1) is 28.5. The molecule has 2 N–H and O–H groups in total. The molecule has 0 saturated carbocycles. The molecule has 0 atom stereocenters. The molecule has 1 heterocycles. The molecular weight excluding hydrogens is 521 g/mol. The Morgan fingerprint density at radius 2 is 1.77 bits per heavy atom. The number of halogens is 3. The Bertz CT molecular complexity index is 1640. The molecule has 39 heavy (non-hydrogen) atoms. The number of nitriles is 1. The number of nitrogens with zero attached hydrogens (tertiary/aromatic N) is 4. The van der Waals surface area contributed by atoms with Gasteiger partial charge in [-0.25, -0.2) is 5.43 Å². The van der Waals surface area contributed by atoms with Gasteiger partial charge in [-0.1, -0.05) is 12.1 Å². The number of aryl methyl sites for hydroxylation is 2. The number of carbonyl (C=O) groups is 3. The molecule has 0 radical (unpaired) electrons. The molecule has 0 saturated heterocycles. The van der Waals surface area contributed by atoms with E-state index in [1.807, 2.05) is 10.7 Å². The smallest absolute Gasteiger partial charge is 0.418 e. The number of rotatable bonds is 7. The maximum atomic E-state index is 13.4. The van der Waals surface area contributed by atoms with E-state index in [0.717, 1.165) is 23.8 Å². The molecule has 3 rings (SSSR count). The number of aromatic nitrogens is 2. The van der Waals surface area contributed by atoms with Crippen LogP contribution < -0.4 is 15.2 Å². The van der Waals surface area contributed by atoms with Crippen molar-refractivity contribution in [3.63, 3.8) is 0 Å². The number of hydrogen-bond donors (Lipinski definition) is 2. The Morgan fingerprint density at radius 1 is 1.13 bits per heavy atom. The summed E-state index contributed by atoms with van der Waals surface area (Å²) in [6.45, 7) is 4.65. The van der Waals surface area contributed by atoms with E-state index in [4.69, 9.17) is 5.26 Å². The normalized spacial score (nSPS) is 11.7. The third-order valence-electron chi connectivity index (χ3n) is 5.77. The third kappa shape index (κ3) is 6.09. The van der Waals surface area contributed by atoms with E-state index < -0.39 is 59.3 Å². The Morgan fingerprint density at radius 3 is 2.41 bits per heavy atom. The molecule has 1 aromatic heterocycles. The molecule has 3 aromatic rings. The van der Waals surface area contributed by atoms with Crippen LogP contribution in [0.25, 0.3) is 11.0 Å². The Kier molecular flexibility index (Phi) is 8.14. The quantitative estimate of drug-likeness (QED) is 0.201. The summed E-state index contributed by atoms with van der Waals surface area (Å²) in [6, 6.07) is 8.48. The summed E-state index contributed by atoms with van der Waals surface area (Å²) >= 11 is 0. The second-order valence-corrected chi connectivity index (χ2v) is 8.47. The number of amides is 2. The van der Waals surface area contributed by atoms with Crippen molar-refractivity contribution in [3.05, 3.63) is 74.6 Å². The van der Waals surface area contributed by atoms with Gasteiger partial charge in [0.1, 0.15) is 17.6 Å². The van der Waals surface area contributed by atoms with Gasteiger partial charge >= 0.3 is 11.9 Å². The maximum absolute atomic E-state index is 13.4. The number of alkyl halides is 3. The van der Waals surface area contributed by atoms with Crippen LogP contribution >= 0.6 is 0 Å². The summed E-state index contributed by atoms with van der Waals surface area (Å²) in [4.78, 5) is 51.0. The Labute approximate surface area is 218 Å². The second-order valence-electron chi connectivity index (χ2n) is 8.47. The van der Waals surface area contributed by atoms with Gasteiger partial charge in [-0.3, -0.25) is 14.4 Å². The highest BCUT2D eigenvalue weighted by Gasteiger charge is 2.35. The van der Waals surface area contributed by atoms with Crippen LogP contribution in [0.3, 0.4) is 0 Å². The number of carbonyl (C=O) groups excluding carboxylic acids is 3. The number of fused-ring (bicyclic) bond motifs is 1. The van der Waals surface area contributed by atoms with Gasteiger partial charge in [-0.15, -0.1) is 0 Å². The Hall–Kier alpha value is -5.06. The summed E-state index contributed by atoms with van der Waals surface area (Å²) in [6.07, 6.45) is -6.47. The first-order chi connectivity index (χ1) is 18.3. The van der Waals surface area contributed by atoms with Crippen molar-refractivity contribution in [1.82, 2.24) is 10.2 Å². The number of nitrogens with one attached hydrogen (secondary N) is 2. The van der Waals surface area contributed by atoms with E-state index >= 15 is 0 Å². The number of hydrogen-bond acceptors (Lipinski definition) is 7. The number of hydrazone groups is 1. The van der Waals surface area contributed by atoms with E-state index in [-0.39, 0.29) is 21.2 Å². The highest BCUT2D eigenvalue weighted by Crippen LogP contribution is 2.34. The molecule has 0 fully saturated rings. The number of para-hydroxylation sites is 1. The standard InChI is InChI=1S/C25H21F3N6O5/c1-13-10-19-20(11-14(13)2)34(39)23(15(3)33(19)38)21(35)12-18(31-32-22(36)8-9-29)24(37)30-17-7-5-4-6-16(17)25(26,27)28/h4-7,10-11H,8,12H2,1-3H3,(H,30,37)(H,32,36). The molecule has 0 bridgehead atoms. The molecule has 0 unspecified atom stereocenters. The van der Waals surface area contributed by atoms with Crippen molar-refractivity contribution < 1.29 is 32.0 Å². The van der Waals surface area contributed by atoms with Crippen molar-refractivity contribution in [1.29, 1.82) is 5.26 Å². The van der Waals surface area contributed by atoms with Gasteiger partial charge < -0.3 is 15.3 Å². The molecule has 2 amide bonds. The summed E-state index contributed by atoms with van der Waals surface area (Å²) < 4.78 is 40.8. The fourth-order valence-electron chi connectivity index (χ4n) is 3.65. The van der Waals surface area contributed by atoms with E-state index in [0.29, 0.717) is 10.3 Å². The fourth-order valence-corrected chi connectivity index (χ4v) is 3.65. The van der Waals surface area contributed by atoms with Crippen LogP contribution in [0.5, 0.6) is 0 Å². The first-order valence-corrected chi connectivity index (χ1v) is 11.3. The van der Waals surface area contributed by atoms with Gasteiger partial charge in [0.15, 0.2) is 0 Å². The van der Waals surface area contributed by atoms with Gasteiger partial charge in [-0.2, -0.15) is 23.5 Å². The lowest BCUT2D eigenvalue weighted by Crippen LogP contribution is -2.34. The fraction of sp³-hybridized carbons (Fsp3) is 0.240. The lowest BCUT2D eigenvalue weighted by atomic mass is 10.1. The zero-order valence-electron chi connectivity index (χ0n) is 20.8. The number of anilines is 1. The van der Waals surface area contributed by atoms with Crippen LogP contribution in [-0.2, 0) is 15.8 Å². The first-order valence-electron chi connectivity index (χ1n) is 11.3. The van der Waals surface area contributed by atoms with Crippen molar-refractivity contribution in [3.8, 4) is 6.07 Å². The zero-order valence-corrected chi connectivity index (χ0v) is 20.8. The predicted molar refractivity (Wildman–Crippen MR) is 133 cm³/mol. The summed E-state index contributed by atoms with van der Waals surface area (Å²) in [7, 11) is 0. The summed E-state index contributed by atoms with van der Waals surface area (Å²) in [5.41, 5.74) is -0.375. The molecule has 0 aliphatic rings. The minimum atomic E-state index is -4.83. The van der Waals surface area contributed by atoms with Gasteiger partial charge in [-0.05, 0) is 50.1 Å². The van der Waals surface area contributed by atoms with Gasteiger partial charge in [0.05, 0.1) is 33.9 Å². The van der Waals surface area contributed by atoms with Gasteiger partial charge in [0.25, 0.3) is 17.3 Å². The van der Waals surface area contributed by atoms with Crippen molar-refractivity contribution in [2.75, 3.05) is 5.32 Å². The number of benzene rings is 2. The molecule has 11 nitrogen and oxygen atoms in total. The Balaban J connectivity index is 2.05. The minimum Gasteiger partial charge on any atom is -0.805 e. The van der Waals surface area contributed by atoms with Gasteiger partial charge in [0.2, 0.25) is 5.78 Å². The van der Waals surface area contributed by atoms with Crippen LogP contribution in [0.1, 0.15) is 45.7 Å². The van der Waals surface area contributed by atoms with E-state index in [2.05, 4.69) is 5.10 Å². The molecule has 0 aliphatic carbocycles.